The number of ether oxygens (including phenoxy) is 1. The number of para-hydroxylation sites is 2. The Morgan fingerprint density at radius 3 is 2.80 bits per heavy atom. The maximum absolute atomic E-state index is 14.0. The number of nitrogens with zero attached hydrogens (tertiary/aromatic N) is 2. The number of benzene rings is 1. The second-order valence-electron chi connectivity index (χ2n) is 8.24. The molecule has 2 heterocycles. The number of hydrogen-bond donors (Lipinski definition) is 5. The third kappa shape index (κ3) is 6.03. The summed E-state index contributed by atoms with van der Waals surface area (Å²) in [6.07, 6.45) is -1.32. The molecule has 0 radical (unpaired) electrons. The van der Waals surface area contributed by atoms with Crippen molar-refractivity contribution in [3.8, 4) is 5.75 Å². The number of anilines is 1. The minimum Gasteiger partial charge on any atom is -0.604 e. The predicted molar refractivity (Wildman–Crippen MR) is 120 cm³/mol. The third-order valence-corrected chi connectivity index (χ3v) is 5.86. The number of amides is 4. The monoisotopic (exact) mass is 492 g/mol. The van der Waals surface area contributed by atoms with Crippen LogP contribution < -0.4 is 26.0 Å². The fourth-order valence-electron chi connectivity index (χ4n) is 4.13. The Balaban J connectivity index is 1.76. The quantitative estimate of drug-likeness (QED) is 0.178. The summed E-state index contributed by atoms with van der Waals surface area (Å²) >= 11 is 0. The zero-order chi connectivity index (χ0) is 25.6. The van der Waals surface area contributed by atoms with E-state index in [-0.39, 0.29) is 26.1 Å². The van der Waals surface area contributed by atoms with Crippen molar-refractivity contribution in [1.82, 2.24) is 21.0 Å². The number of hydroxylamine groups is 2. The van der Waals surface area contributed by atoms with E-state index in [1.54, 1.807) is 24.3 Å². The Labute approximate surface area is 200 Å². The largest absolute Gasteiger partial charge is 0.604 e. The normalized spacial score (nSPS) is 24.9. The lowest BCUT2D eigenvalue weighted by Crippen LogP contribution is -2.72. The molecule has 0 bridgehead atoms. The Morgan fingerprint density at radius 2 is 2.11 bits per heavy atom. The molecule has 2 aliphatic rings. The van der Waals surface area contributed by atoms with Crippen LogP contribution in [0.25, 0.3) is 0 Å². The highest BCUT2D eigenvalue weighted by Crippen LogP contribution is 2.29. The van der Waals surface area contributed by atoms with Crippen molar-refractivity contribution in [1.29, 1.82) is 0 Å². The van der Waals surface area contributed by atoms with E-state index in [0.717, 1.165) is 5.01 Å². The van der Waals surface area contributed by atoms with Crippen LogP contribution in [-0.2, 0) is 19.2 Å². The second kappa shape index (κ2) is 11.1. The number of methoxy groups -OCH3 is 1. The zero-order valence-electron chi connectivity index (χ0n) is 19.1. The summed E-state index contributed by atoms with van der Waals surface area (Å²) < 4.78 is 3.89. The van der Waals surface area contributed by atoms with Crippen molar-refractivity contribution in [2.24, 2.45) is 5.92 Å². The van der Waals surface area contributed by atoms with Gasteiger partial charge in [0.1, 0.15) is 31.2 Å². The molecule has 35 heavy (non-hydrogen) atoms. The molecule has 14 heteroatoms. The fraction of sp³-hybridized carbons (Fsp3) is 0.476. The van der Waals surface area contributed by atoms with Crippen LogP contribution in [0.3, 0.4) is 0 Å². The number of quaternary nitrogens is 1. The van der Waals surface area contributed by atoms with Crippen LogP contribution in [0.1, 0.15) is 19.3 Å². The maximum Gasteiger partial charge on any atom is 0.323 e. The average molecular weight is 492 g/mol. The van der Waals surface area contributed by atoms with Gasteiger partial charge in [0, 0.05) is 19.4 Å². The number of rotatable bonds is 8. The molecule has 2 fully saturated rings. The molecule has 1 aromatic rings. The van der Waals surface area contributed by atoms with Crippen molar-refractivity contribution in [2.75, 3.05) is 32.2 Å². The number of nitrogens with one attached hydrogen (secondary N) is 4. The molecule has 2 saturated heterocycles. The molecule has 4 atom stereocenters. The smallest absolute Gasteiger partial charge is 0.323 e. The lowest BCUT2D eigenvalue weighted by atomic mass is 10.1. The maximum atomic E-state index is 14.0. The minimum atomic E-state index is -1.31. The van der Waals surface area contributed by atoms with Crippen LogP contribution >= 0.6 is 0 Å². The number of hydrogen-bond acceptors (Lipinski definition) is 8. The molecular formula is C21H28N6O8. The van der Waals surface area contributed by atoms with Gasteiger partial charge in [-0.2, -0.15) is 5.01 Å². The van der Waals surface area contributed by atoms with Gasteiger partial charge in [-0.15, -0.1) is 0 Å². The van der Waals surface area contributed by atoms with E-state index in [0.29, 0.717) is 17.7 Å². The summed E-state index contributed by atoms with van der Waals surface area (Å²) in [7, 11) is 1.45. The van der Waals surface area contributed by atoms with Crippen molar-refractivity contribution in [3.05, 3.63) is 29.5 Å². The first-order valence-corrected chi connectivity index (χ1v) is 11.0. The van der Waals surface area contributed by atoms with Crippen molar-refractivity contribution in [2.45, 2.75) is 31.5 Å². The van der Waals surface area contributed by atoms with Crippen LogP contribution in [0.5, 0.6) is 5.75 Å². The fourth-order valence-corrected chi connectivity index (χ4v) is 4.13. The van der Waals surface area contributed by atoms with E-state index in [9.17, 15) is 29.2 Å². The molecule has 0 aromatic heterocycles. The molecule has 190 valence electrons. The number of fused-ring (bicyclic) bond motifs is 1. The van der Waals surface area contributed by atoms with Crippen molar-refractivity contribution < 1.29 is 38.6 Å². The number of carboxylic acid groups (broad SMARTS) is 1. The Morgan fingerprint density at radius 1 is 1.37 bits per heavy atom. The topological polar surface area (TPSA) is 189 Å². The SMILES string of the molecule is COc1ccccc1NC(=O)NC1CCC(=O)N2CNCC(C(=O)NC(C=O)CC(=O)O)C[N+]12[O-]. The van der Waals surface area contributed by atoms with Gasteiger partial charge >= 0.3 is 12.0 Å². The molecule has 0 saturated carbocycles. The third-order valence-electron chi connectivity index (χ3n) is 5.86. The lowest BCUT2D eigenvalue weighted by molar-refractivity contribution is -1.01. The van der Waals surface area contributed by atoms with Crippen LogP contribution in [0.15, 0.2) is 24.3 Å². The summed E-state index contributed by atoms with van der Waals surface area (Å²) in [6, 6.07) is 4.74. The first-order valence-electron chi connectivity index (χ1n) is 11.0. The van der Waals surface area contributed by atoms with Gasteiger partial charge in [-0.3, -0.25) is 25.0 Å². The standard InChI is InChI=1S/C21H28N6O8/c1-35-16-5-3-2-4-15(16)24-21(33)25-17-6-7-18(29)26-12-22-9-13(10-27(17,26)34)20(32)23-14(11-28)8-19(30)31/h2-5,11,13-14,17,22H,6-10,12H2,1H3,(H,23,32)(H,30,31)(H2,24,25,33). The van der Waals surface area contributed by atoms with Gasteiger partial charge < -0.3 is 30.5 Å². The number of carbonyl (C=O) groups is 5. The van der Waals surface area contributed by atoms with Gasteiger partial charge in [0.25, 0.3) is 5.91 Å². The summed E-state index contributed by atoms with van der Waals surface area (Å²) in [5.41, 5.74) is 0.377. The predicted octanol–water partition coefficient (Wildman–Crippen LogP) is -0.670. The molecule has 4 unspecified atom stereocenters. The molecule has 14 nitrogen and oxygen atoms in total. The molecule has 1 aromatic carbocycles. The van der Waals surface area contributed by atoms with Gasteiger partial charge in [-0.1, -0.05) is 12.1 Å². The minimum absolute atomic E-state index is 0.0105. The highest BCUT2D eigenvalue weighted by molar-refractivity contribution is 5.91. The molecule has 2 aliphatic heterocycles. The first-order chi connectivity index (χ1) is 16.7. The number of carbonyl (C=O) groups excluding carboxylic acids is 4. The molecule has 5 N–H and O–H groups in total. The number of aldehydes is 1. The molecule has 0 aliphatic carbocycles. The first kappa shape index (κ1) is 25.9. The molecular weight excluding hydrogens is 464 g/mol. The second-order valence-corrected chi connectivity index (χ2v) is 8.24. The van der Waals surface area contributed by atoms with E-state index < -0.39 is 59.7 Å². The van der Waals surface area contributed by atoms with Crippen LogP contribution in [-0.4, -0.2) is 84.0 Å². The van der Waals surface area contributed by atoms with Gasteiger partial charge in [-0.05, 0) is 12.1 Å². The van der Waals surface area contributed by atoms with Crippen LogP contribution in [0.4, 0.5) is 10.5 Å². The highest BCUT2D eigenvalue weighted by Gasteiger charge is 2.48. The number of aliphatic carboxylic acids is 1. The van der Waals surface area contributed by atoms with Gasteiger partial charge in [0.2, 0.25) is 5.91 Å². The number of carboxylic acids is 1. The highest BCUT2D eigenvalue weighted by atomic mass is 16.6. The summed E-state index contributed by atoms with van der Waals surface area (Å²) in [5.74, 6) is -3.00. The average Bonchev–Trinajstić information content (AvgIpc) is 3.00. The summed E-state index contributed by atoms with van der Waals surface area (Å²) in [6.45, 7) is -0.551. The van der Waals surface area contributed by atoms with Gasteiger partial charge in [0.15, 0.2) is 6.17 Å². The van der Waals surface area contributed by atoms with Crippen molar-refractivity contribution in [3.63, 3.8) is 0 Å². The zero-order valence-corrected chi connectivity index (χ0v) is 19.1. The van der Waals surface area contributed by atoms with Crippen LogP contribution in [0.2, 0.25) is 0 Å². The molecule has 0 spiro atoms. The van der Waals surface area contributed by atoms with Gasteiger partial charge in [0.05, 0.1) is 25.3 Å². The van der Waals surface area contributed by atoms with E-state index in [1.165, 1.54) is 7.11 Å². The van der Waals surface area contributed by atoms with Crippen molar-refractivity contribution >= 4 is 35.8 Å². The molecule has 4 amide bonds. The Hall–Kier alpha value is -3.75. The van der Waals surface area contributed by atoms with Crippen LogP contribution in [0, 0.1) is 11.1 Å². The van der Waals surface area contributed by atoms with Gasteiger partial charge in [-0.25, -0.2) is 9.55 Å². The number of urea groups is 1. The summed E-state index contributed by atoms with van der Waals surface area (Å²) in [5, 5.41) is 34.3. The van der Waals surface area contributed by atoms with E-state index in [2.05, 4.69) is 21.3 Å². The molecule has 3 rings (SSSR count). The lowest BCUT2D eigenvalue weighted by Gasteiger charge is -2.55. The summed E-state index contributed by atoms with van der Waals surface area (Å²) in [4.78, 5) is 60.1. The van der Waals surface area contributed by atoms with E-state index in [4.69, 9.17) is 9.84 Å². The van der Waals surface area contributed by atoms with E-state index in [1.807, 2.05) is 0 Å². The van der Waals surface area contributed by atoms with E-state index >= 15 is 0 Å². The Bertz CT molecular complexity index is 990. The Kier molecular flexibility index (Phi) is 8.22.